The molecule has 56 heavy (non-hydrogen) atoms. The topological polar surface area (TPSA) is 33.9 Å². The monoisotopic (exact) mass is 716 g/mol. The molecule has 12 rings (SSSR count). The van der Waals surface area contributed by atoms with E-state index in [0.29, 0.717) is 0 Å². The van der Waals surface area contributed by atoms with Gasteiger partial charge in [0, 0.05) is 62.1 Å². The Morgan fingerprint density at radius 2 is 0.839 bits per heavy atom. The van der Waals surface area contributed by atoms with Crippen molar-refractivity contribution in [1.29, 1.82) is 0 Å². The van der Waals surface area contributed by atoms with Gasteiger partial charge < -0.3 is 18.1 Å². The van der Waals surface area contributed by atoms with Crippen LogP contribution in [0.25, 0.3) is 93.2 Å². The van der Waals surface area contributed by atoms with E-state index in [1.165, 1.54) is 27.8 Å². The van der Waals surface area contributed by atoms with Gasteiger partial charge in [-0.3, -0.25) is 0 Å². The van der Waals surface area contributed by atoms with Crippen molar-refractivity contribution in [3.8, 4) is 22.3 Å². The summed E-state index contributed by atoms with van der Waals surface area (Å²) in [7, 11) is 0. The van der Waals surface area contributed by atoms with Gasteiger partial charge in [-0.2, -0.15) is 0 Å². The van der Waals surface area contributed by atoms with Crippen molar-refractivity contribution >= 4 is 88.0 Å². The second kappa shape index (κ2) is 12.0. The summed E-state index contributed by atoms with van der Waals surface area (Å²) in [6, 6.07) is 65.1. The van der Waals surface area contributed by atoms with Crippen molar-refractivity contribution in [3.05, 3.63) is 194 Å². The number of anilines is 3. The van der Waals surface area contributed by atoms with E-state index in [1.807, 2.05) is 24.3 Å². The Bertz CT molecular complexity index is 3290. The zero-order valence-electron chi connectivity index (χ0n) is 30.2. The Hall–Kier alpha value is -7.56. The molecular formula is C52H32N2O2. The van der Waals surface area contributed by atoms with E-state index < -0.39 is 0 Å². The molecule has 4 aromatic heterocycles. The highest BCUT2D eigenvalue weighted by Crippen LogP contribution is 2.41. The van der Waals surface area contributed by atoms with Gasteiger partial charge in [-0.1, -0.05) is 91.0 Å². The Balaban J connectivity index is 0.972. The molecule has 0 atom stereocenters. The molecule has 4 nitrogen and oxygen atoms in total. The molecule has 0 saturated heterocycles. The molecule has 0 bridgehead atoms. The minimum absolute atomic E-state index is 0.904. The highest BCUT2D eigenvalue weighted by atomic mass is 16.3. The number of hydrogen-bond acceptors (Lipinski definition) is 3. The number of aromatic nitrogens is 1. The van der Waals surface area contributed by atoms with Crippen LogP contribution in [0.3, 0.4) is 0 Å². The molecule has 8 aromatic carbocycles. The summed E-state index contributed by atoms with van der Waals surface area (Å²) in [4.78, 5) is 2.36. The van der Waals surface area contributed by atoms with Crippen molar-refractivity contribution in [1.82, 2.24) is 4.40 Å². The van der Waals surface area contributed by atoms with Gasteiger partial charge in [0.05, 0.1) is 0 Å². The second-order valence-electron chi connectivity index (χ2n) is 14.7. The van der Waals surface area contributed by atoms with Crippen molar-refractivity contribution < 1.29 is 8.83 Å². The molecule has 0 amide bonds. The summed E-state index contributed by atoms with van der Waals surface area (Å²) in [5.41, 5.74) is 12.8. The lowest BCUT2D eigenvalue weighted by Crippen LogP contribution is -2.09. The summed E-state index contributed by atoms with van der Waals surface area (Å²) < 4.78 is 14.6. The number of furan rings is 2. The third-order valence-electron chi connectivity index (χ3n) is 11.3. The molecule has 12 aromatic rings. The molecule has 0 saturated carbocycles. The van der Waals surface area contributed by atoms with Crippen molar-refractivity contribution in [3.63, 3.8) is 0 Å². The summed E-state index contributed by atoms with van der Waals surface area (Å²) >= 11 is 0. The van der Waals surface area contributed by atoms with Crippen LogP contribution < -0.4 is 4.90 Å². The van der Waals surface area contributed by atoms with E-state index in [2.05, 4.69) is 179 Å². The molecule has 0 aliphatic carbocycles. The molecule has 0 aliphatic rings. The largest absolute Gasteiger partial charge is 0.456 e. The highest BCUT2D eigenvalue weighted by molar-refractivity contribution is 6.12. The van der Waals surface area contributed by atoms with Gasteiger partial charge in [0.25, 0.3) is 0 Å². The van der Waals surface area contributed by atoms with Crippen molar-refractivity contribution in [2.45, 2.75) is 0 Å². The van der Waals surface area contributed by atoms with E-state index in [0.717, 1.165) is 82.5 Å². The Kier molecular flexibility index (Phi) is 6.60. The summed E-state index contributed by atoms with van der Waals surface area (Å²) in [5, 5.41) is 9.10. The van der Waals surface area contributed by atoms with Crippen LogP contribution in [0.2, 0.25) is 0 Å². The van der Waals surface area contributed by atoms with Gasteiger partial charge in [-0.05, 0) is 129 Å². The van der Waals surface area contributed by atoms with Crippen LogP contribution >= 0.6 is 0 Å². The van der Waals surface area contributed by atoms with Crippen molar-refractivity contribution in [2.24, 2.45) is 0 Å². The maximum atomic E-state index is 6.24. The lowest BCUT2D eigenvalue weighted by Gasteiger charge is -2.26. The standard InChI is InChI=1S/C52H32N2O2/c1-3-10-49-45(8-1)47-28-38-25-43(22-18-36(38)30-51(47)55-49)54(44-23-19-37-31-52-48(29-39(37)26-44)46-9-2-4-11-50(46)56-52)41-20-16-34(17-21-41)33-12-14-35(15-13-33)40-27-42-7-5-6-24-53(42)32-40/h1-32H. The zero-order valence-corrected chi connectivity index (χ0v) is 30.2. The maximum absolute atomic E-state index is 6.24. The van der Waals surface area contributed by atoms with Gasteiger partial charge in [0.2, 0.25) is 0 Å². The van der Waals surface area contributed by atoms with E-state index in [9.17, 15) is 0 Å². The van der Waals surface area contributed by atoms with Crippen LogP contribution in [0.15, 0.2) is 203 Å². The quantitative estimate of drug-likeness (QED) is 0.178. The number of hydrogen-bond donors (Lipinski definition) is 0. The van der Waals surface area contributed by atoms with E-state index in [1.54, 1.807) is 0 Å². The molecule has 0 fully saturated rings. The average Bonchev–Trinajstić information content (AvgIpc) is 3.95. The third-order valence-corrected chi connectivity index (χ3v) is 11.3. The number of pyridine rings is 1. The van der Waals surface area contributed by atoms with Gasteiger partial charge >= 0.3 is 0 Å². The van der Waals surface area contributed by atoms with Gasteiger partial charge in [-0.25, -0.2) is 0 Å². The Morgan fingerprint density at radius 3 is 1.41 bits per heavy atom. The van der Waals surface area contributed by atoms with E-state index >= 15 is 0 Å². The van der Waals surface area contributed by atoms with Crippen LogP contribution in [0, 0.1) is 0 Å². The lowest BCUT2D eigenvalue weighted by molar-refractivity contribution is 0.669. The first-order valence-electron chi connectivity index (χ1n) is 19.0. The van der Waals surface area contributed by atoms with Gasteiger partial charge in [0.1, 0.15) is 22.3 Å². The number of benzene rings is 8. The molecule has 0 unspecified atom stereocenters. The second-order valence-corrected chi connectivity index (χ2v) is 14.7. The Morgan fingerprint density at radius 1 is 0.339 bits per heavy atom. The summed E-state index contributed by atoms with van der Waals surface area (Å²) in [6.45, 7) is 0. The first-order chi connectivity index (χ1) is 27.7. The fourth-order valence-corrected chi connectivity index (χ4v) is 8.51. The molecule has 4 heterocycles. The van der Waals surface area contributed by atoms with E-state index in [-0.39, 0.29) is 0 Å². The molecular weight excluding hydrogens is 685 g/mol. The van der Waals surface area contributed by atoms with Crippen LogP contribution in [-0.4, -0.2) is 4.40 Å². The SMILES string of the molecule is c1ccc2c(c1)oc1cc3ccc(N(c4ccc(-c5ccc(-c6cc7ccccn7c6)cc5)cc4)c4ccc5cc6oc7ccccc7c6cc5c4)cc3cc12. The smallest absolute Gasteiger partial charge is 0.136 e. The number of fused-ring (bicyclic) bond motifs is 9. The van der Waals surface area contributed by atoms with Crippen LogP contribution in [0.5, 0.6) is 0 Å². The minimum Gasteiger partial charge on any atom is -0.456 e. The molecule has 4 heteroatoms. The average molecular weight is 717 g/mol. The predicted octanol–water partition coefficient (Wildman–Crippen LogP) is 14.8. The van der Waals surface area contributed by atoms with Crippen LogP contribution in [0.4, 0.5) is 17.1 Å². The molecule has 0 radical (unpaired) electrons. The fraction of sp³-hybridized carbons (Fsp3) is 0. The molecule has 0 spiro atoms. The zero-order chi connectivity index (χ0) is 36.7. The normalized spacial score (nSPS) is 11.9. The highest BCUT2D eigenvalue weighted by Gasteiger charge is 2.17. The van der Waals surface area contributed by atoms with Crippen LogP contribution in [0.1, 0.15) is 0 Å². The Labute approximate surface area is 321 Å². The summed E-state index contributed by atoms with van der Waals surface area (Å²) in [6.07, 6.45) is 4.28. The first kappa shape index (κ1) is 30.9. The predicted molar refractivity (Wildman–Crippen MR) is 233 cm³/mol. The first-order valence-corrected chi connectivity index (χ1v) is 19.0. The van der Waals surface area contributed by atoms with Crippen molar-refractivity contribution in [2.75, 3.05) is 4.90 Å². The minimum atomic E-state index is 0.904. The van der Waals surface area contributed by atoms with Gasteiger partial charge in [0.15, 0.2) is 0 Å². The summed E-state index contributed by atoms with van der Waals surface area (Å²) in [5.74, 6) is 0. The number of rotatable bonds is 5. The maximum Gasteiger partial charge on any atom is 0.136 e. The van der Waals surface area contributed by atoms with Crippen LogP contribution in [-0.2, 0) is 0 Å². The lowest BCUT2D eigenvalue weighted by atomic mass is 10.0. The number of nitrogens with zero attached hydrogens (tertiary/aromatic N) is 2. The molecule has 0 N–H and O–H groups in total. The molecule has 262 valence electrons. The molecule has 0 aliphatic heterocycles. The third kappa shape index (κ3) is 4.93. The fourth-order valence-electron chi connectivity index (χ4n) is 8.51. The van der Waals surface area contributed by atoms with Gasteiger partial charge in [-0.15, -0.1) is 0 Å². The number of para-hydroxylation sites is 2. The van der Waals surface area contributed by atoms with E-state index in [4.69, 9.17) is 8.83 Å².